The summed E-state index contributed by atoms with van der Waals surface area (Å²) in [6.45, 7) is 14.9. The van der Waals surface area contributed by atoms with Crippen LogP contribution in [0.4, 0.5) is 0 Å². The fourth-order valence-corrected chi connectivity index (χ4v) is 9.25. The third-order valence-electron chi connectivity index (χ3n) is 6.17. The van der Waals surface area contributed by atoms with Crippen LogP contribution in [0, 0.1) is 20.5 Å². The van der Waals surface area contributed by atoms with Gasteiger partial charge in [-0.15, -0.1) is 0 Å². The van der Waals surface area contributed by atoms with Gasteiger partial charge in [0.25, 0.3) is 0 Å². The Labute approximate surface area is 298 Å². The Morgan fingerprint density at radius 2 is 0.816 bits per heavy atom. The van der Waals surface area contributed by atoms with E-state index in [1.807, 2.05) is 102 Å². The minimum atomic E-state index is -2.88. The van der Waals surface area contributed by atoms with Crippen LogP contribution in [0.1, 0.15) is 41.5 Å². The molecular formula is C34H44FeN6O6Si2. The number of aromatic nitrogens is 4. The van der Waals surface area contributed by atoms with Gasteiger partial charge in [0.05, 0.1) is 22.8 Å². The average molecular weight is 745 g/mol. The zero-order chi connectivity index (χ0) is 35.8. The van der Waals surface area contributed by atoms with E-state index in [2.05, 4.69) is 19.9 Å². The van der Waals surface area contributed by atoms with Crippen molar-refractivity contribution < 1.29 is 41.5 Å². The van der Waals surface area contributed by atoms with Crippen molar-refractivity contribution in [1.29, 1.82) is 10.5 Å². The second kappa shape index (κ2) is 23.6. The topological polar surface area (TPSA) is 155 Å². The Hall–Kier alpha value is -3.71. The molecule has 0 N–H and O–H groups in total. The first-order valence-corrected chi connectivity index (χ1v) is 20.5. The first kappa shape index (κ1) is 41.5. The fourth-order valence-electron chi connectivity index (χ4n) is 4.39. The number of nitriles is 2. The van der Waals surface area contributed by atoms with E-state index in [1.165, 1.54) is 0 Å². The number of hydrogen-bond donors (Lipinski definition) is 0. The van der Waals surface area contributed by atoms with Gasteiger partial charge in [-0.3, -0.25) is 19.9 Å². The monoisotopic (exact) mass is 744 g/mol. The van der Waals surface area contributed by atoms with Crippen LogP contribution in [0.2, 0.25) is 0 Å². The van der Waals surface area contributed by atoms with Crippen LogP contribution in [0.15, 0.2) is 85.5 Å². The molecule has 0 aromatic carbocycles. The predicted molar refractivity (Wildman–Crippen MR) is 187 cm³/mol. The van der Waals surface area contributed by atoms with Crippen molar-refractivity contribution in [3.05, 3.63) is 85.5 Å². The molecule has 15 heteroatoms. The summed E-state index contributed by atoms with van der Waals surface area (Å²) in [5.74, 6) is 0. The molecule has 0 aliphatic rings. The Kier molecular flexibility index (Phi) is 20.0. The Morgan fingerprint density at radius 1 is 0.490 bits per heavy atom. The van der Waals surface area contributed by atoms with Crippen molar-refractivity contribution >= 4 is 28.0 Å². The normalized spacial score (nSPS) is 10.9. The van der Waals surface area contributed by atoms with E-state index >= 15 is 0 Å². The Bertz CT molecular complexity index is 1400. The maximum absolute atomic E-state index is 7.59. The van der Waals surface area contributed by atoms with E-state index in [1.54, 1.807) is 34.7 Å². The van der Waals surface area contributed by atoms with Crippen LogP contribution in [0.5, 0.6) is 0 Å². The molecule has 12 nitrogen and oxygen atoms in total. The van der Waals surface area contributed by atoms with Gasteiger partial charge in [0.2, 0.25) is 0 Å². The molecule has 4 aromatic rings. The molecule has 0 fully saturated rings. The molecule has 0 aliphatic carbocycles. The van der Waals surface area contributed by atoms with Crippen LogP contribution in [0.25, 0.3) is 22.8 Å². The molecule has 0 aliphatic heterocycles. The van der Waals surface area contributed by atoms with Gasteiger partial charge in [-0.1, -0.05) is 24.3 Å². The summed E-state index contributed by atoms with van der Waals surface area (Å²) in [5, 5.41) is 16.9. The average Bonchev–Trinajstić information content (AvgIpc) is 3.14. The maximum atomic E-state index is 7.59. The van der Waals surface area contributed by atoms with Gasteiger partial charge in [0.1, 0.15) is 0 Å². The van der Waals surface area contributed by atoms with Crippen molar-refractivity contribution in [2.24, 2.45) is 0 Å². The number of nitrogens with zero attached hydrogens (tertiary/aromatic N) is 6. The molecule has 0 bridgehead atoms. The zero-order valence-corrected chi connectivity index (χ0v) is 31.9. The summed E-state index contributed by atoms with van der Waals surface area (Å²) in [6, 6.07) is 19.3. The molecule has 4 aromatic heterocycles. The van der Waals surface area contributed by atoms with Crippen molar-refractivity contribution in [2.45, 2.75) is 41.5 Å². The van der Waals surface area contributed by atoms with Gasteiger partial charge in [-0.25, -0.2) is 0 Å². The van der Waals surface area contributed by atoms with Gasteiger partial charge >= 0.3 is 53.0 Å². The third-order valence-corrected chi connectivity index (χ3v) is 12.4. The standard InChI is InChI=1S/2C16H22N2O3Si.2CN.Fe/c2*1-4-19-22(20-5-2,21-6-3)14-10-11-16(18-13-14)15-9-7-8-12-17-15;2*1-2;/h2*7-13H,4-6H2,1-3H3;;;. The summed E-state index contributed by atoms with van der Waals surface area (Å²) in [4.78, 5) is 20.9. The summed E-state index contributed by atoms with van der Waals surface area (Å²) in [7, 11) is -5.76. The molecule has 0 amide bonds. The molecule has 4 heterocycles. The molecule has 0 saturated carbocycles. The fraction of sp³-hybridized carbons (Fsp3) is 0.353. The molecule has 0 unspecified atom stereocenters. The molecule has 4 rings (SSSR count). The van der Waals surface area contributed by atoms with Crippen LogP contribution in [-0.2, 0) is 41.5 Å². The van der Waals surface area contributed by atoms with E-state index in [9.17, 15) is 0 Å². The minimum absolute atomic E-state index is 0. The predicted octanol–water partition coefficient (Wildman–Crippen LogP) is 4.83. The van der Waals surface area contributed by atoms with E-state index < -0.39 is 17.6 Å². The van der Waals surface area contributed by atoms with Gasteiger partial charge < -0.3 is 26.6 Å². The summed E-state index contributed by atoms with van der Waals surface area (Å²) in [6.07, 6.45) is 7.06. The van der Waals surface area contributed by atoms with Gasteiger partial charge in [-0.05, 0) is 77.9 Å². The summed E-state index contributed by atoms with van der Waals surface area (Å²) in [5.41, 5.74) is 3.31. The molecule has 0 spiro atoms. The molecule has 0 radical (unpaired) electrons. The first-order valence-electron chi connectivity index (χ1n) is 15.9. The first-order chi connectivity index (χ1) is 23.9. The van der Waals surface area contributed by atoms with E-state index in [0.717, 1.165) is 33.1 Å². The SMILES string of the molecule is CCO[Si](OCC)(OCC)c1ccc(-c2ccccn2)nc1.CCO[Si](OCC)(OCC)c1ccc(-c2ccccn2)nc1.N#[C][Fe][C]#N. The van der Waals surface area contributed by atoms with Crippen LogP contribution in [-0.4, -0.2) is 77.2 Å². The number of pyridine rings is 4. The summed E-state index contributed by atoms with van der Waals surface area (Å²) >= 11 is 0. The zero-order valence-electron chi connectivity index (χ0n) is 28.8. The third kappa shape index (κ3) is 12.9. The molecule has 49 heavy (non-hydrogen) atoms. The molecule has 262 valence electrons. The Balaban J connectivity index is 0.000000299. The van der Waals surface area contributed by atoms with Crippen molar-refractivity contribution in [3.8, 4) is 32.7 Å². The van der Waals surface area contributed by atoms with Crippen LogP contribution < -0.4 is 10.4 Å². The molecule has 0 atom stereocenters. The number of hydrogen-bond acceptors (Lipinski definition) is 12. The quantitative estimate of drug-likeness (QED) is 0.144. The van der Waals surface area contributed by atoms with Crippen molar-refractivity contribution in [3.63, 3.8) is 0 Å². The van der Waals surface area contributed by atoms with E-state index in [4.69, 9.17) is 37.1 Å². The van der Waals surface area contributed by atoms with Crippen LogP contribution in [0.3, 0.4) is 0 Å². The van der Waals surface area contributed by atoms with Gasteiger partial charge in [0.15, 0.2) is 0 Å². The van der Waals surface area contributed by atoms with Gasteiger partial charge in [0, 0.05) is 74.8 Å². The van der Waals surface area contributed by atoms with Crippen molar-refractivity contribution in [1.82, 2.24) is 19.9 Å². The Morgan fingerprint density at radius 3 is 1.02 bits per heavy atom. The second-order valence-corrected chi connectivity index (χ2v) is 15.1. The molecule has 0 saturated heterocycles. The van der Waals surface area contributed by atoms with E-state index in [0.29, 0.717) is 39.6 Å². The van der Waals surface area contributed by atoms with E-state index in [-0.39, 0.29) is 15.0 Å². The van der Waals surface area contributed by atoms with Crippen LogP contribution >= 0.6 is 0 Å². The second-order valence-electron chi connectivity index (χ2n) is 9.25. The molecular weight excluding hydrogens is 700 g/mol. The number of rotatable bonds is 16. The van der Waals surface area contributed by atoms with Crippen molar-refractivity contribution in [2.75, 3.05) is 39.6 Å². The summed E-state index contributed by atoms with van der Waals surface area (Å²) < 4.78 is 35.3. The van der Waals surface area contributed by atoms with Gasteiger partial charge in [-0.2, -0.15) is 0 Å².